The van der Waals surface area contributed by atoms with E-state index in [9.17, 15) is 8.42 Å². The van der Waals surface area contributed by atoms with Crippen LogP contribution in [0.25, 0.3) is 32.4 Å². The van der Waals surface area contributed by atoms with Crippen molar-refractivity contribution in [3.8, 4) is 32.4 Å². The second-order valence-electron chi connectivity index (χ2n) is 7.14. The Morgan fingerprint density at radius 3 is 2.31 bits per heavy atom. The van der Waals surface area contributed by atoms with Gasteiger partial charge < -0.3 is 4.98 Å². The van der Waals surface area contributed by atoms with Crippen LogP contribution >= 0.6 is 22.7 Å². The number of sulfonamides is 1. The highest BCUT2D eigenvalue weighted by Gasteiger charge is 2.19. The van der Waals surface area contributed by atoms with Crippen LogP contribution in [0.15, 0.2) is 82.5 Å². The second kappa shape index (κ2) is 8.87. The number of hydrogen-bond acceptors (Lipinski definition) is 5. The summed E-state index contributed by atoms with van der Waals surface area (Å²) in [5.74, 6) is 0. The zero-order valence-corrected chi connectivity index (χ0v) is 19.4. The first kappa shape index (κ1) is 20.9. The van der Waals surface area contributed by atoms with Crippen molar-refractivity contribution in [2.45, 2.75) is 11.3 Å². The molecule has 0 aliphatic rings. The molecule has 32 heavy (non-hydrogen) atoms. The topological polar surface area (TPSA) is 90.6 Å². The summed E-state index contributed by atoms with van der Waals surface area (Å²) >= 11 is 3.24. The lowest BCUT2D eigenvalue weighted by Gasteiger charge is -2.09. The molecular weight excluding hydrogens is 460 g/mol. The maximum atomic E-state index is 12.8. The normalized spacial score (nSPS) is 11.8. The van der Waals surface area contributed by atoms with Crippen LogP contribution in [-0.2, 0) is 16.4 Å². The van der Waals surface area contributed by atoms with Gasteiger partial charge in [-0.2, -0.15) is 5.10 Å². The van der Waals surface area contributed by atoms with Crippen molar-refractivity contribution in [3.05, 3.63) is 83.2 Å². The number of benzene rings is 1. The van der Waals surface area contributed by atoms with Crippen molar-refractivity contribution in [1.29, 1.82) is 0 Å². The predicted molar refractivity (Wildman–Crippen MR) is 130 cm³/mol. The fourth-order valence-electron chi connectivity index (χ4n) is 3.57. The average molecular weight is 481 g/mol. The highest BCUT2D eigenvalue weighted by molar-refractivity contribution is 7.89. The van der Waals surface area contributed by atoms with Crippen LogP contribution in [0.5, 0.6) is 0 Å². The first-order chi connectivity index (χ1) is 15.6. The smallest absolute Gasteiger partial charge is 0.240 e. The number of H-pyrrole nitrogens is 2. The van der Waals surface area contributed by atoms with Gasteiger partial charge in [-0.3, -0.25) is 5.10 Å². The van der Waals surface area contributed by atoms with Crippen LogP contribution in [0.1, 0.15) is 5.56 Å². The maximum absolute atomic E-state index is 12.8. The van der Waals surface area contributed by atoms with E-state index < -0.39 is 10.0 Å². The van der Waals surface area contributed by atoms with E-state index in [0.717, 1.165) is 38.0 Å². The highest BCUT2D eigenvalue weighted by atomic mass is 32.2. The van der Waals surface area contributed by atoms with Crippen LogP contribution in [0.2, 0.25) is 0 Å². The van der Waals surface area contributed by atoms with Crippen LogP contribution in [0, 0.1) is 0 Å². The predicted octanol–water partition coefficient (Wildman–Crippen LogP) is 5.38. The molecule has 4 aromatic heterocycles. The Morgan fingerprint density at radius 1 is 0.906 bits per heavy atom. The molecule has 0 unspecified atom stereocenters. The molecular formula is C23H20N4O2S3. The van der Waals surface area contributed by atoms with E-state index >= 15 is 0 Å². The van der Waals surface area contributed by atoms with Gasteiger partial charge >= 0.3 is 0 Å². The van der Waals surface area contributed by atoms with Gasteiger partial charge in [-0.1, -0.05) is 24.3 Å². The van der Waals surface area contributed by atoms with Crippen molar-refractivity contribution < 1.29 is 8.42 Å². The third kappa shape index (κ3) is 4.20. The molecule has 0 saturated carbocycles. The Balaban J connectivity index is 1.34. The quantitative estimate of drug-likeness (QED) is 0.278. The van der Waals surface area contributed by atoms with Gasteiger partial charge in [0.1, 0.15) is 5.69 Å². The molecule has 0 bridgehead atoms. The first-order valence-electron chi connectivity index (χ1n) is 10.0. The maximum Gasteiger partial charge on any atom is 0.240 e. The second-order valence-corrected chi connectivity index (χ2v) is 10.8. The summed E-state index contributed by atoms with van der Waals surface area (Å²) in [6, 6.07) is 18.8. The van der Waals surface area contributed by atoms with Gasteiger partial charge in [0.05, 0.1) is 20.3 Å². The van der Waals surface area contributed by atoms with E-state index in [-0.39, 0.29) is 11.4 Å². The van der Waals surface area contributed by atoms with Gasteiger partial charge in [0.2, 0.25) is 10.0 Å². The SMILES string of the molecule is O=S(=O)(NCCc1c(-c2cccs2)n[nH]c1-c1cccs1)c1ccc(-c2ccc[nH]2)cc1. The molecule has 4 heterocycles. The molecule has 9 heteroatoms. The van der Waals surface area contributed by atoms with E-state index in [1.54, 1.807) is 46.9 Å². The Bertz CT molecular complexity index is 1330. The van der Waals surface area contributed by atoms with Crippen molar-refractivity contribution >= 4 is 32.7 Å². The molecule has 162 valence electrons. The third-order valence-electron chi connectivity index (χ3n) is 5.13. The lowest BCUT2D eigenvalue weighted by molar-refractivity contribution is 0.581. The fourth-order valence-corrected chi connectivity index (χ4v) is 6.09. The summed E-state index contributed by atoms with van der Waals surface area (Å²) in [4.78, 5) is 5.51. The number of aromatic amines is 2. The van der Waals surface area contributed by atoms with Gasteiger partial charge in [-0.05, 0) is 59.1 Å². The van der Waals surface area contributed by atoms with Gasteiger partial charge in [-0.15, -0.1) is 22.7 Å². The minimum Gasteiger partial charge on any atom is -0.361 e. The minimum absolute atomic E-state index is 0.247. The molecule has 5 aromatic rings. The molecule has 0 amide bonds. The zero-order valence-electron chi connectivity index (χ0n) is 16.9. The zero-order chi connectivity index (χ0) is 22.0. The van der Waals surface area contributed by atoms with Crippen LogP contribution < -0.4 is 4.72 Å². The molecule has 0 atom stereocenters. The molecule has 1 aromatic carbocycles. The van der Waals surface area contributed by atoms with Crippen LogP contribution in [-0.4, -0.2) is 30.1 Å². The number of nitrogens with one attached hydrogen (secondary N) is 3. The van der Waals surface area contributed by atoms with Gasteiger partial charge in [0.15, 0.2) is 0 Å². The van der Waals surface area contributed by atoms with Gasteiger partial charge in [0, 0.05) is 24.0 Å². The van der Waals surface area contributed by atoms with E-state index in [1.807, 2.05) is 53.4 Å². The summed E-state index contributed by atoms with van der Waals surface area (Å²) in [6.07, 6.45) is 2.36. The third-order valence-corrected chi connectivity index (χ3v) is 8.37. The van der Waals surface area contributed by atoms with Crippen molar-refractivity contribution in [2.75, 3.05) is 6.54 Å². The highest BCUT2D eigenvalue weighted by Crippen LogP contribution is 2.34. The van der Waals surface area contributed by atoms with E-state index in [2.05, 4.69) is 19.9 Å². The largest absolute Gasteiger partial charge is 0.361 e. The molecule has 6 nitrogen and oxygen atoms in total. The monoisotopic (exact) mass is 480 g/mol. The number of thiophene rings is 2. The van der Waals surface area contributed by atoms with Crippen LogP contribution in [0.3, 0.4) is 0 Å². The summed E-state index contributed by atoms with van der Waals surface area (Å²) in [6.45, 7) is 0.275. The summed E-state index contributed by atoms with van der Waals surface area (Å²) < 4.78 is 28.4. The summed E-state index contributed by atoms with van der Waals surface area (Å²) in [5.41, 5.74) is 4.72. The van der Waals surface area contributed by atoms with E-state index in [1.165, 1.54) is 0 Å². The molecule has 5 rings (SSSR count). The number of aromatic nitrogens is 3. The molecule has 3 N–H and O–H groups in total. The van der Waals surface area contributed by atoms with E-state index in [4.69, 9.17) is 0 Å². The Morgan fingerprint density at radius 2 is 1.66 bits per heavy atom. The van der Waals surface area contributed by atoms with Crippen LogP contribution in [0.4, 0.5) is 0 Å². The van der Waals surface area contributed by atoms with E-state index in [0.29, 0.717) is 6.42 Å². The number of nitrogens with zero attached hydrogens (tertiary/aromatic N) is 1. The molecule has 0 aliphatic carbocycles. The molecule has 0 radical (unpaired) electrons. The van der Waals surface area contributed by atoms with Crippen molar-refractivity contribution in [3.63, 3.8) is 0 Å². The standard InChI is InChI=1S/C23H20N4O2S3/c28-32(29,17-9-7-16(8-10-17)19-4-1-12-24-19)25-13-11-18-22(20-5-2-14-30-20)26-27-23(18)21-6-3-15-31-21/h1-10,12,14-15,24-25H,11,13H2,(H,26,27). The minimum atomic E-state index is -3.62. The summed E-state index contributed by atoms with van der Waals surface area (Å²) in [7, 11) is -3.62. The fraction of sp³-hybridized carbons (Fsp3) is 0.0870. The summed E-state index contributed by atoms with van der Waals surface area (Å²) in [5, 5.41) is 11.7. The lowest BCUT2D eigenvalue weighted by atomic mass is 10.1. The number of rotatable bonds is 8. The van der Waals surface area contributed by atoms with Crippen molar-refractivity contribution in [2.24, 2.45) is 0 Å². The molecule has 0 saturated heterocycles. The Labute approximate surface area is 194 Å². The molecule has 0 spiro atoms. The van der Waals surface area contributed by atoms with Gasteiger partial charge in [-0.25, -0.2) is 13.1 Å². The van der Waals surface area contributed by atoms with Gasteiger partial charge in [0.25, 0.3) is 0 Å². The molecule has 0 aliphatic heterocycles. The Hall–Kier alpha value is -2.98. The van der Waals surface area contributed by atoms with Crippen molar-refractivity contribution in [1.82, 2.24) is 19.9 Å². The number of hydrogen-bond donors (Lipinski definition) is 3. The Kier molecular flexibility index (Phi) is 5.79. The molecule has 0 fully saturated rings. The first-order valence-corrected chi connectivity index (χ1v) is 13.2. The lowest BCUT2D eigenvalue weighted by Crippen LogP contribution is -2.26. The average Bonchev–Trinajstić information content (AvgIpc) is 3.61.